The Morgan fingerprint density at radius 1 is 1.37 bits per heavy atom. The van der Waals surface area contributed by atoms with E-state index in [9.17, 15) is 19.7 Å². The smallest absolute Gasteiger partial charge is 0.352 e. The summed E-state index contributed by atoms with van der Waals surface area (Å²) in [7, 11) is 0. The lowest BCUT2D eigenvalue weighted by molar-refractivity contribution is -0.385. The molecule has 0 fully saturated rings. The van der Waals surface area contributed by atoms with Crippen molar-refractivity contribution in [3.05, 3.63) is 39.9 Å². The average molecular weight is 265 g/mol. The van der Waals surface area contributed by atoms with Gasteiger partial charge in [0.2, 0.25) is 0 Å². The van der Waals surface area contributed by atoms with E-state index < -0.39 is 22.8 Å². The molecule has 6 heteroatoms. The molecule has 0 radical (unpaired) electrons. The molecule has 0 aliphatic heterocycles. The maximum Gasteiger partial charge on any atom is 0.352 e. The minimum absolute atomic E-state index is 0.218. The van der Waals surface area contributed by atoms with Gasteiger partial charge in [-0.1, -0.05) is 32.4 Å². The summed E-state index contributed by atoms with van der Waals surface area (Å²) in [6.45, 7) is 3.56. The number of carbonyl (C=O) groups is 2. The van der Waals surface area contributed by atoms with Crippen molar-refractivity contribution in [1.29, 1.82) is 0 Å². The summed E-state index contributed by atoms with van der Waals surface area (Å²) in [4.78, 5) is 33.4. The van der Waals surface area contributed by atoms with Crippen LogP contribution in [0.2, 0.25) is 0 Å². The van der Waals surface area contributed by atoms with Crippen molar-refractivity contribution in [2.75, 3.05) is 0 Å². The van der Waals surface area contributed by atoms with Crippen LogP contribution in [0.3, 0.4) is 0 Å². The van der Waals surface area contributed by atoms with E-state index in [0.717, 1.165) is 6.42 Å². The number of hydrogen-bond acceptors (Lipinski definition) is 5. The Balaban J connectivity index is 2.84. The summed E-state index contributed by atoms with van der Waals surface area (Å²) in [5.74, 6) is -2.05. The fourth-order valence-corrected chi connectivity index (χ4v) is 1.60. The largest absolute Gasteiger partial charge is 0.389 e. The highest BCUT2D eigenvalue weighted by Gasteiger charge is 2.24. The molecule has 0 aliphatic rings. The van der Waals surface area contributed by atoms with E-state index in [2.05, 4.69) is 4.74 Å². The Labute approximate surface area is 110 Å². The van der Waals surface area contributed by atoms with Crippen molar-refractivity contribution < 1.29 is 19.2 Å². The summed E-state index contributed by atoms with van der Waals surface area (Å²) in [5.41, 5.74) is -0.590. The highest BCUT2D eigenvalue weighted by atomic mass is 16.6. The van der Waals surface area contributed by atoms with Crippen molar-refractivity contribution >= 4 is 17.6 Å². The Morgan fingerprint density at radius 3 is 2.58 bits per heavy atom. The number of benzene rings is 1. The van der Waals surface area contributed by atoms with Gasteiger partial charge in [0.25, 0.3) is 5.69 Å². The molecule has 0 aromatic heterocycles. The number of nitrogens with zero attached hydrogens (tertiary/aromatic N) is 1. The molecule has 1 aromatic rings. The van der Waals surface area contributed by atoms with Crippen molar-refractivity contribution in [2.45, 2.75) is 26.7 Å². The first kappa shape index (κ1) is 14.8. The van der Waals surface area contributed by atoms with Crippen LogP contribution in [-0.4, -0.2) is 16.9 Å². The molecular weight excluding hydrogens is 250 g/mol. The van der Waals surface area contributed by atoms with Crippen molar-refractivity contribution in [2.24, 2.45) is 5.92 Å². The van der Waals surface area contributed by atoms with E-state index in [1.54, 1.807) is 6.92 Å². The van der Waals surface area contributed by atoms with E-state index >= 15 is 0 Å². The SMILES string of the molecule is CCCC(C)C(=O)OC(=O)c1ccccc1[N+](=O)[O-]. The van der Waals surface area contributed by atoms with E-state index in [-0.39, 0.29) is 11.3 Å². The van der Waals surface area contributed by atoms with Gasteiger partial charge in [0, 0.05) is 6.07 Å². The number of hydrogen-bond donors (Lipinski definition) is 0. The van der Waals surface area contributed by atoms with Crippen molar-refractivity contribution in [3.8, 4) is 0 Å². The second-order valence-corrected chi connectivity index (χ2v) is 4.17. The van der Waals surface area contributed by atoms with Crippen LogP contribution in [0.25, 0.3) is 0 Å². The number of esters is 2. The molecular formula is C13H15NO5. The van der Waals surface area contributed by atoms with E-state index in [1.165, 1.54) is 24.3 Å². The topological polar surface area (TPSA) is 86.5 Å². The average Bonchev–Trinajstić information content (AvgIpc) is 2.38. The zero-order valence-electron chi connectivity index (χ0n) is 10.8. The summed E-state index contributed by atoms with van der Waals surface area (Å²) in [6, 6.07) is 5.37. The molecule has 0 saturated carbocycles. The highest BCUT2D eigenvalue weighted by molar-refractivity contribution is 6.00. The van der Waals surface area contributed by atoms with Crippen LogP contribution < -0.4 is 0 Å². The minimum Gasteiger partial charge on any atom is -0.389 e. The molecule has 0 heterocycles. The standard InChI is InChI=1S/C13H15NO5/c1-3-6-9(2)12(15)19-13(16)10-7-4-5-8-11(10)14(17)18/h4-5,7-9H,3,6H2,1-2H3. The lowest BCUT2D eigenvalue weighted by Gasteiger charge is -2.08. The van der Waals surface area contributed by atoms with Gasteiger partial charge in [-0.3, -0.25) is 14.9 Å². The third-order valence-corrected chi connectivity index (χ3v) is 2.64. The van der Waals surface area contributed by atoms with Gasteiger partial charge >= 0.3 is 11.9 Å². The Morgan fingerprint density at radius 2 is 2.00 bits per heavy atom. The lowest BCUT2D eigenvalue weighted by Crippen LogP contribution is -2.19. The van der Waals surface area contributed by atoms with Gasteiger partial charge in [0.1, 0.15) is 5.56 Å². The molecule has 0 N–H and O–H groups in total. The summed E-state index contributed by atoms with van der Waals surface area (Å²) in [6.07, 6.45) is 1.39. The third-order valence-electron chi connectivity index (χ3n) is 2.64. The first-order valence-electron chi connectivity index (χ1n) is 5.96. The minimum atomic E-state index is -0.986. The zero-order valence-corrected chi connectivity index (χ0v) is 10.8. The molecule has 0 aliphatic carbocycles. The molecule has 1 unspecified atom stereocenters. The summed E-state index contributed by atoms with van der Waals surface area (Å²) < 4.78 is 4.66. The van der Waals surface area contributed by atoms with Gasteiger partial charge in [-0.15, -0.1) is 0 Å². The molecule has 0 saturated heterocycles. The Kier molecular flexibility index (Phi) is 5.17. The number of carbonyl (C=O) groups excluding carboxylic acids is 2. The monoisotopic (exact) mass is 265 g/mol. The van der Waals surface area contributed by atoms with E-state index in [4.69, 9.17) is 0 Å². The zero-order chi connectivity index (χ0) is 14.4. The Hall–Kier alpha value is -2.24. The second kappa shape index (κ2) is 6.63. The van der Waals surface area contributed by atoms with Crippen LogP contribution in [0.1, 0.15) is 37.0 Å². The van der Waals surface area contributed by atoms with E-state index in [0.29, 0.717) is 6.42 Å². The third kappa shape index (κ3) is 3.87. The molecule has 0 amide bonds. The van der Waals surface area contributed by atoms with Crippen LogP contribution in [-0.2, 0) is 9.53 Å². The summed E-state index contributed by atoms with van der Waals surface area (Å²) in [5, 5.41) is 10.8. The van der Waals surface area contributed by atoms with Crippen LogP contribution in [0.5, 0.6) is 0 Å². The van der Waals surface area contributed by atoms with E-state index in [1.807, 2.05) is 6.92 Å². The molecule has 0 bridgehead atoms. The molecule has 6 nitrogen and oxygen atoms in total. The van der Waals surface area contributed by atoms with Crippen molar-refractivity contribution in [1.82, 2.24) is 0 Å². The number of ether oxygens (including phenoxy) is 1. The maximum atomic E-state index is 11.7. The van der Waals surface area contributed by atoms with Gasteiger partial charge in [0.05, 0.1) is 10.8 Å². The first-order chi connectivity index (χ1) is 8.97. The molecule has 19 heavy (non-hydrogen) atoms. The second-order valence-electron chi connectivity index (χ2n) is 4.17. The number of nitro groups is 1. The fourth-order valence-electron chi connectivity index (χ4n) is 1.60. The van der Waals surface area contributed by atoms with Gasteiger partial charge < -0.3 is 4.74 Å². The number of rotatable bonds is 5. The molecule has 102 valence electrons. The summed E-state index contributed by atoms with van der Waals surface area (Å²) >= 11 is 0. The van der Waals surface area contributed by atoms with Crippen LogP contribution in [0, 0.1) is 16.0 Å². The van der Waals surface area contributed by atoms with Crippen LogP contribution in [0.4, 0.5) is 5.69 Å². The van der Waals surface area contributed by atoms with Crippen LogP contribution in [0.15, 0.2) is 24.3 Å². The maximum absolute atomic E-state index is 11.7. The fraction of sp³-hybridized carbons (Fsp3) is 0.385. The normalized spacial score (nSPS) is 11.7. The first-order valence-corrected chi connectivity index (χ1v) is 5.96. The number of para-hydroxylation sites is 1. The molecule has 1 aromatic carbocycles. The van der Waals surface area contributed by atoms with Crippen molar-refractivity contribution in [3.63, 3.8) is 0 Å². The predicted molar refractivity (Wildman–Crippen MR) is 67.6 cm³/mol. The number of nitro benzene ring substituents is 1. The van der Waals surface area contributed by atoms with Gasteiger partial charge in [0.15, 0.2) is 0 Å². The molecule has 1 atom stereocenters. The van der Waals surface area contributed by atoms with Gasteiger partial charge in [-0.25, -0.2) is 4.79 Å². The van der Waals surface area contributed by atoms with Gasteiger partial charge in [-0.2, -0.15) is 0 Å². The quantitative estimate of drug-likeness (QED) is 0.353. The van der Waals surface area contributed by atoms with Gasteiger partial charge in [-0.05, 0) is 12.5 Å². The lowest BCUT2D eigenvalue weighted by atomic mass is 10.1. The van der Waals surface area contributed by atoms with Crippen LogP contribution >= 0.6 is 0 Å². The molecule has 1 rings (SSSR count). The predicted octanol–water partition coefficient (Wildman–Crippen LogP) is 2.71. The molecule has 0 spiro atoms. The highest BCUT2D eigenvalue weighted by Crippen LogP contribution is 2.19. The Bertz CT molecular complexity index is 498.